The minimum absolute atomic E-state index is 0.367. The zero-order valence-electron chi connectivity index (χ0n) is 12.5. The summed E-state index contributed by atoms with van der Waals surface area (Å²) in [5.74, 6) is 0.612. The fraction of sp³-hybridized carbons (Fsp3) is 0.625. The molecule has 1 aliphatic heterocycles. The van der Waals surface area contributed by atoms with Gasteiger partial charge in [0.1, 0.15) is 5.75 Å². The van der Waals surface area contributed by atoms with Gasteiger partial charge in [0.2, 0.25) is 5.79 Å². The van der Waals surface area contributed by atoms with Crippen LogP contribution < -0.4 is 4.74 Å². The molecular weight excluding hydrogens is 359 g/mol. The van der Waals surface area contributed by atoms with Gasteiger partial charge in [-0.05, 0) is 49.4 Å². The van der Waals surface area contributed by atoms with Crippen molar-refractivity contribution >= 4 is 39.2 Å². The zero-order valence-corrected chi connectivity index (χ0v) is 15.8. The van der Waals surface area contributed by atoms with Crippen molar-refractivity contribution in [3.05, 3.63) is 29.3 Å². The third kappa shape index (κ3) is 4.33. The van der Waals surface area contributed by atoms with Gasteiger partial charge in [-0.3, -0.25) is 0 Å². The normalized spacial score (nSPS) is 20.5. The maximum Gasteiger partial charge on any atom is 0.341 e. The maximum atomic E-state index is 6.20. The van der Waals surface area contributed by atoms with Gasteiger partial charge < -0.3 is 9.47 Å². The molecule has 0 amide bonds. The van der Waals surface area contributed by atoms with Crippen molar-refractivity contribution in [3.63, 3.8) is 0 Å². The Hall–Kier alpha value is 0.0669. The van der Waals surface area contributed by atoms with Gasteiger partial charge in [-0.2, -0.15) is 0 Å². The van der Waals surface area contributed by atoms with Crippen molar-refractivity contribution in [3.8, 4) is 5.75 Å². The average Bonchev–Trinajstić information content (AvgIpc) is 2.47. The van der Waals surface area contributed by atoms with Crippen molar-refractivity contribution < 1.29 is 9.47 Å². The van der Waals surface area contributed by atoms with Crippen LogP contribution in [0.2, 0.25) is 6.04 Å². The van der Waals surface area contributed by atoms with Gasteiger partial charge in [0.05, 0.1) is 6.61 Å². The Morgan fingerprint density at radius 3 is 2.59 bits per heavy atom. The molecule has 1 saturated carbocycles. The van der Waals surface area contributed by atoms with Gasteiger partial charge in [0, 0.05) is 18.4 Å². The van der Waals surface area contributed by atoms with Gasteiger partial charge in [0.15, 0.2) is 0 Å². The number of aryl methyl sites for hydroxylation is 1. The van der Waals surface area contributed by atoms with E-state index in [4.69, 9.17) is 42.7 Å². The summed E-state index contributed by atoms with van der Waals surface area (Å²) in [5.41, 5.74) is 2.40. The van der Waals surface area contributed by atoms with Gasteiger partial charge in [-0.25, -0.2) is 0 Å². The van der Waals surface area contributed by atoms with Crippen molar-refractivity contribution in [2.75, 3.05) is 0 Å². The van der Waals surface area contributed by atoms with Crippen LogP contribution in [0.25, 0.3) is 0 Å². The molecule has 0 unspecified atom stereocenters. The first-order valence-corrected chi connectivity index (χ1v) is 13.2. The predicted molar refractivity (Wildman–Crippen MR) is 94.1 cm³/mol. The van der Waals surface area contributed by atoms with Gasteiger partial charge >= 0.3 is 6.00 Å². The molecule has 1 spiro atoms. The van der Waals surface area contributed by atoms with Gasteiger partial charge in [0.25, 0.3) is 0 Å². The van der Waals surface area contributed by atoms with Crippen LogP contribution in [0.4, 0.5) is 0 Å². The molecule has 0 saturated heterocycles. The van der Waals surface area contributed by atoms with E-state index in [1.807, 2.05) is 0 Å². The summed E-state index contributed by atoms with van der Waals surface area (Å²) >= 11 is 17.8. The first-order chi connectivity index (χ1) is 10.5. The third-order valence-corrected chi connectivity index (χ3v) is 7.07. The molecule has 6 heteroatoms. The number of benzene rings is 1. The summed E-state index contributed by atoms with van der Waals surface area (Å²) < 4.78 is 12.3. The molecule has 1 aromatic carbocycles. The van der Waals surface area contributed by atoms with E-state index in [9.17, 15) is 0 Å². The molecule has 22 heavy (non-hydrogen) atoms. The van der Waals surface area contributed by atoms with Crippen LogP contribution in [0, 0.1) is 0 Å². The molecule has 2 aliphatic rings. The molecule has 1 heterocycles. The quantitative estimate of drug-likeness (QED) is 0.483. The fourth-order valence-electron chi connectivity index (χ4n) is 3.27. The number of hydrogen-bond acceptors (Lipinski definition) is 2. The number of rotatable bonds is 4. The first kappa shape index (κ1) is 16.9. The average molecular weight is 380 g/mol. The summed E-state index contributed by atoms with van der Waals surface area (Å²) in [5, 5.41) is 0. The zero-order chi connectivity index (χ0) is 15.6. The topological polar surface area (TPSA) is 18.5 Å². The minimum Gasteiger partial charge on any atom is -0.462 e. The molecule has 0 bridgehead atoms. The standard InChI is InChI=1S/C16H21Cl3O2Si/c17-22(18,19)10-4-5-13-6-7-15-14(11-13)12-20-16(21-15)8-2-1-3-9-16/h6-7,11H,1-5,8-10,12H2. The Labute approximate surface area is 147 Å². The lowest BCUT2D eigenvalue weighted by atomic mass is 9.93. The number of fused-ring (bicyclic) bond motifs is 1. The maximum absolute atomic E-state index is 6.20. The largest absolute Gasteiger partial charge is 0.462 e. The molecule has 0 N–H and O–H groups in total. The van der Waals surface area contributed by atoms with Crippen LogP contribution in [0.5, 0.6) is 5.75 Å². The Kier molecular flexibility index (Phi) is 5.30. The molecule has 122 valence electrons. The summed E-state index contributed by atoms with van der Waals surface area (Å²) in [4.78, 5) is 0. The van der Waals surface area contributed by atoms with E-state index < -0.39 is 6.00 Å². The highest BCUT2D eigenvalue weighted by Gasteiger charge is 2.38. The minimum atomic E-state index is -2.50. The summed E-state index contributed by atoms with van der Waals surface area (Å²) in [6, 6.07) is 4.58. The van der Waals surface area contributed by atoms with Crippen molar-refractivity contribution in [1.82, 2.24) is 0 Å². The van der Waals surface area contributed by atoms with E-state index in [-0.39, 0.29) is 5.79 Å². The molecule has 1 aromatic rings. The Morgan fingerprint density at radius 2 is 1.86 bits per heavy atom. The van der Waals surface area contributed by atoms with Crippen LogP contribution in [0.1, 0.15) is 49.7 Å². The molecule has 0 radical (unpaired) electrons. The molecular formula is C16H21Cl3O2Si. The van der Waals surface area contributed by atoms with E-state index in [0.29, 0.717) is 12.7 Å². The van der Waals surface area contributed by atoms with Crippen LogP contribution in [0.15, 0.2) is 18.2 Å². The van der Waals surface area contributed by atoms with Crippen LogP contribution in [0.3, 0.4) is 0 Å². The SMILES string of the molecule is Cl[Si](Cl)(Cl)CCCc1ccc2c(c1)COC1(CCCCC1)O2. The van der Waals surface area contributed by atoms with Crippen LogP contribution in [-0.4, -0.2) is 11.8 Å². The van der Waals surface area contributed by atoms with E-state index in [1.54, 1.807) is 0 Å². The lowest BCUT2D eigenvalue weighted by Crippen LogP contribution is -2.43. The summed E-state index contributed by atoms with van der Waals surface area (Å²) in [6.07, 6.45) is 7.51. The number of hydrogen-bond donors (Lipinski definition) is 0. The molecule has 0 atom stereocenters. The lowest BCUT2D eigenvalue weighted by Gasteiger charge is -2.41. The Morgan fingerprint density at radius 1 is 1.09 bits per heavy atom. The second kappa shape index (κ2) is 6.90. The van der Waals surface area contributed by atoms with Crippen LogP contribution >= 0.6 is 33.2 Å². The monoisotopic (exact) mass is 378 g/mol. The fourth-order valence-corrected chi connectivity index (χ4v) is 5.05. The third-order valence-electron chi connectivity index (χ3n) is 4.45. The smallest absolute Gasteiger partial charge is 0.341 e. The van der Waals surface area contributed by atoms with Crippen molar-refractivity contribution in [1.29, 1.82) is 0 Å². The highest BCUT2D eigenvalue weighted by atomic mass is 35.8. The lowest BCUT2D eigenvalue weighted by molar-refractivity contribution is -0.222. The van der Waals surface area contributed by atoms with Crippen molar-refractivity contribution in [2.45, 2.75) is 63.4 Å². The second-order valence-electron chi connectivity index (χ2n) is 6.27. The molecule has 1 aliphatic carbocycles. The highest BCUT2D eigenvalue weighted by Crippen LogP contribution is 2.40. The number of ether oxygens (including phenoxy) is 2. The van der Waals surface area contributed by atoms with E-state index in [1.165, 1.54) is 24.8 Å². The predicted octanol–water partition coefficient (Wildman–Crippen LogP) is 5.84. The van der Waals surface area contributed by atoms with E-state index >= 15 is 0 Å². The summed E-state index contributed by atoms with van der Waals surface area (Å²) in [6.45, 7) is 0.641. The van der Waals surface area contributed by atoms with Gasteiger partial charge in [-0.1, -0.05) is 12.5 Å². The van der Waals surface area contributed by atoms with E-state index in [2.05, 4.69) is 18.2 Å². The molecule has 0 aromatic heterocycles. The number of halogens is 3. The molecule has 1 fully saturated rings. The Balaban J connectivity index is 1.63. The van der Waals surface area contributed by atoms with E-state index in [0.717, 1.165) is 37.0 Å². The summed E-state index contributed by atoms with van der Waals surface area (Å²) in [7, 11) is 0. The van der Waals surface area contributed by atoms with Gasteiger partial charge in [-0.15, -0.1) is 33.2 Å². The van der Waals surface area contributed by atoms with Crippen molar-refractivity contribution in [2.24, 2.45) is 0 Å². The molecule has 2 nitrogen and oxygen atoms in total. The second-order valence-corrected chi connectivity index (χ2v) is 15.6. The van der Waals surface area contributed by atoms with Crippen LogP contribution in [-0.2, 0) is 17.8 Å². The highest BCUT2D eigenvalue weighted by molar-refractivity contribution is 7.64. The Bertz CT molecular complexity index is 525. The first-order valence-electron chi connectivity index (χ1n) is 7.97. The molecule has 3 rings (SSSR count).